The van der Waals surface area contributed by atoms with Crippen molar-refractivity contribution in [3.05, 3.63) is 71.5 Å². The first-order chi connectivity index (χ1) is 18.0. The Morgan fingerprint density at radius 1 is 1.00 bits per heavy atom. The first-order valence-corrected chi connectivity index (χ1v) is 14.2. The van der Waals surface area contributed by atoms with Gasteiger partial charge in [-0.1, -0.05) is 55.4 Å². The maximum absolute atomic E-state index is 13.1. The monoisotopic (exact) mass is 519 g/mol. The predicted octanol–water partition coefficient (Wildman–Crippen LogP) is 5.16. The highest BCUT2D eigenvalue weighted by molar-refractivity contribution is 7.99. The highest BCUT2D eigenvalue weighted by atomic mass is 32.2. The van der Waals surface area contributed by atoms with E-state index < -0.39 is 0 Å². The summed E-state index contributed by atoms with van der Waals surface area (Å²) in [5.41, 5.74) is 3.04. The Bertz CT molecular complexity index is 1180. The van der Waals surface area contributed by atoms with Gasteiger partial charge in [-0.2, -0.15) is 0 Å². The zero-order chi connectivity index (χ0) is 26.2. The van der Waals surface area contributed by atoms with E-state index in [9.17, 15) is 9.59 Å². The SMILES string of the molecule is CCCCc1ccc(C(=O)N2CCN(C(=O)CCCSc3nnc(C)n3-c3ccccc3)CC2C)cc1. The molecule has 1 saturated heterocycles. The normalized spacial score (nSPS) is 15.7. The summed E-state index contributed by atoms with van der Waals surface area (Å²) in [5.74, 6) is 1.84. The molecule has 1 aliphatic heterocycles. The lowest BCUT2D eigenvalue weighted by molar-refractivity contribution is -0.133. The molecule has 37 heavy (non-hydrogen) atoms. The van der Waals surface area contributed by atoms with Gasteiger partial charge < -0.3 is 9.80 Å². The number of hydrogen-bond acceptors (Lipinski definition) is 5. The van der Waals surface area contributed by atoms with E-state index in [0.717, 1.165) is 53.7 Å². The molecule has 2 amide bonds. The number of rotatable bonds is 10. The van der Waals surface area contributed by atoms with Gasteiger partial charge in [0, 0.05) is 49.1 Å². The van der Waals surface area contributed by atoms with E-state index in [1.807, 2.05) is 70.7 Å². The van der Waals surface area contributed by atoms with Gasteiger partial charge in [-0.25, -0.2) is 0 Å². The minimum atomic E-state index is -0.00765. The van der Waals surface area contributed by atoms with Crippen molar-refractivity contribution in [3.8, 4) is 5.69 Å². The molecule has 0 N–H and O–H groups in total. The van der Waals surface area contributed by atoms with Crippen LogP contribution in [0.4, 0.5) is 0 Å². The lowest BCUT2D eigenvalue weighted by atomic mass is 10.0. The van der Waals surface area contributed by atoms with E-state index in [2.05, 4.69) is 29.3 Å². The Hall–Kier alpha value is -3.13. The van der Waals surface area contributed by atoms with Gasteiger partial charge in [0.15, 0.2) is 5.16 Å². The van der Waals surface area contributed by atoms with E-state index in [4.69, 9.17) is 0 Å². The van der Waals surface area contributed by atoms with Crippen LogP contribution in [0.2, 0.25) is 0 Å². The van der Waals surface area contributed by atoms with E-state index in [1.165, 1.54) is 5.56 Å². The van der Waals surface area contributed by atoms with Crippen molar-refractivity contribution < 1.29 is 9.59 Å². The number of amides is 2. The predicted molar refractivity (Wildman–Crippen MR) is 148 cm³/mol. The number of aryl methyl sites for hydroxylation is 2. The van der Waals surface area contributed by atoms with Crippen molar-refractivity contribution in [1.82, 2.24) is 24.6 Å². The molecular weight excluding hydrogens is 482 g/mol. The average molecular weight is 520 g/mol. The molecule has 0 bridgehead atoms. The fourth-order valence-corrected chi connectivity index (χ4v) is 5.64. The molecule has 0 saturated carbocycles. The van der Waals surface area contributed by atoms with E-state index >= 15 is 0 Å². The summed E-state index contributed by atoms with van der Waals surface area (Å²) in [6.07, 6.45) is 4.63. The number of hydrogen-bond donors (Lipinski definition) is 0. The number of aromatic nitrogens is 3. The smallest absolute Gasteiger partial charge is 0.254 e. The molecule has 2 aromatic carbocycles. The van der Waals surface area contributed by atoms with Gasteiger partial charge in [0.05, 0.1) is 0 Å². The lowest BCUT2D eigenvalue weighted by Gasteiger charge is -2.40. The molecule has 1 unspecified atom stereocenters. The molecule has 2 heterocycles. The van der Waals surface area contributed by atoms with E-state index in [0.29, 0.717) is 26.1 Å². The van der Waals surface area contributed by atoms with Crippen molar-refractivity contribution in [2.75, 3.05) is 25.4 Å². The number of nitrogens with zero attached hydrogens (tertiary/aromatic N) is 5. The second kappa shape index (κ2) is 12.9. The standard InChI is InChI=1S/C29H37N5O2S/c1-4-5-10-24-14-16-25(17-15-24)28(36)33-19-18-32(21-22(33)2)27(35)13-9-20-37-29-31-30-23(3)34(29)26-11-7-6-8-12-26/h6-8,11-12,14-17,22H,4-5,9-10,13,18-21H2,1-3H3. The van der Waals surface area contributed by atoms with Crippen molar-refractivity contribution in [1.29, 1.82) is 0 Å². The third-order valence-electron chi connectivity index (χ3n) is 6.84. The average Bonchev–Trinajstić information content (AvgIpc) is 3.30. The summed E-state index contributed by atoms with van der Waals surface area (Å²) in [5, 5.41) is 9.39. The number of thioether (sulfide) groups is 1. The van der Waals surface area contributed by atoms with Crippen molar-refractivity contribution in [2.24, 2.45) is 0 Å². The van der Waals surface area contributed by atoms with Crippen LogP contribution in [0.1, 0.15) is 61.3 Å². The number of carbonyl (C=O) groups is 2. The summed E-state index contributed by atoms with van der Waals surface area (Å²) in [6.45, 7) is 7.89. The largest absolute Gasteiger partial charge is 0.339 e. The zero-order valence-corrected chi connectivity index (χ0v) is 22.9. The molecule has 1 atom stereocenters. The topological polar surface area (TPSA) is 71.3 Å². The molecule has 4 rings (SSSR count). The van der Waals surface area contributed by atoms with Crippen LogP contribution in [0, 0.1) is 6.92 Å². The number of piperazine rings is 1. The molecule has 1 aliphatic rings. The third kappa shape index (κ3) is 6.80. The number of carbonyl (C=O) groups excluding carboxylic acids is 2. The van der Waals surface area contributed by atoms with Crippen molar-refractivity contribution >= 4 is 23.6 Å². The molecule has 0 aliphatic carbocycles. The zero-order valence-electron chi connectivity index (χ0n) is 22.1. The maximum atomic E-state index is 13.1. The van der Waals surface area contributed by atoms with Crippen LogP contribution in [-0.4, -0.2) is 67.8 Å². The third-order valence-corrected chi connectivity index (χ3v) is 7.85. The Morgan fingerprint density at radius 2 is 1.76 bits per heavy atom. The Labute approximate surface area is 224 Å². The highest BCUT2D eigenvalue weighted by Gasteiger charge is 2.30. The van der Waals surface area contributed by atoms with Crippen molar-refractivity contribution in [2.45, 2.75) is 64.1 Å². The van der Waals surface area contributed by atoms with Crippen LogP contribution in [0.25, 0.3) is 5.69 Å². The first-order valence-electron chi connectivity index (χ1n) is 13.3. The van der Waals surface area contributed by atoms with Crippen LogP contribution < -0.4 is 0 Å². The van der Waals surface area contributed by atoms with Gasteiger partial charge >= 0.3 is 0 Å². The fourth-order valence-electron chi connectivity index (χ4n) is 4.70. The lowest BCUT2D eigenvalue weighted by Crippen LogP contribution is -2.55. The molecule has 7 nitrogen and oxygen atoms in total. The van der Waals surface area contributed by atoms with Crippen molar-refractivity contribution in [3.63, 3.8) is 0 Å². The molecular formula is C29H37N5O2S. The fraction of sp³-hybridized carbons (Fsp3) is 0.448. The van der Waals surface area contributed by atoms with Crippen LogP contribution in [0.15, 0.2) is 59.8 Å². The van der Waals surface area contributed by atoms with Crippen LogP contribution in [-0.2, 0) is 11.2 Å². The summed E-state index contributed by atoms with van der Waals surface area (Å²) in [7, 11) is 0. The molecule has 1 fully saturated rings. The first kappa shape index (κ1) is 26.9. The van der Waals surface area contributed by atoms with Gasteiger partial charge in [-0.3, -0.25) is 14.2 Å². The number of para-hydroxylation sites is 1. The second-order valence-corrected chi connectivity index (χ2v) is 10.7. The summed E-state index contributed by atoms with van der Waals surface area (Å²) >= 11 is 1.62. The summed E-state index contributed by atoms with van der Waals surface area (Å²) in [6, 6.07) is 18.1. The van der Waals surface area contributed by atoms with Crippen LogP contribution in [0.3, 0.4) is 0 Å². The minimum absolute atomic E-state index is 0.00765. The molecule has 0 spiro atoms. The number of unbranched alkanes of at least 4 members (excludes halogenated alkanes) is 1. The van der Waals surface area contributed by atoms with E-state index in [-0.39, 0.29) is 17.9 Å². The quantitative estimate of drug-likeness (QED) is 0.273. The molecule has 3 aromatic rings. The second-order valence-electron chi connectivity index (χ2n) is 9.64. The van der Waals surface area contributed by atoms with Gasteiger partial charge in [-0.15, -0.1) is 10.2 Å². The van der Waals surface area contributed by atoms with Gasteiger partial charge in [-0.05, 0) is 62.9 Å². The van der Waals surface area contributed by atoms with Gasteiger partial charge in [0.25, 0.3) is 5.91 Å². The van der Waals surface area contributed by atoms with Gasteiger partial charge in [0.2, 0.25) is 5.91 Å². The Kier molecular flexibility index (Phi) is 9.39. The van der Waals surface area contributed by atoms with Gasteiger partial charge in [0.1, 0.15) is 5.82 Å². The number of benzene rings is 2. The summed E-state index contributed by atoms with van der Waals surface area (Å²) in [4.78, 5) is 29.8. The maximum Gasteiger partial charge on any atom is 0.254 e. The molecule has 8 heteroatoms. The molecule has 0 radical (unpaired) electrons. The Morgan fingerprint density at radius 3 is 2.46 bits per heavy atom. The summed E-state index contributed by atoms with van der Waals surface area (Å²) < 4.78 is 2.04. The highest BCUT2D eigenvalue weighted by Crippen LogP contribution is 2.23. The van der Waals surface area contributed by atoms with Crippen LogP contribution in [0.5, 0.6) is 0 Å². The molecule has 1 aromatic heterocycles. The Balaban J connectivity index is 1.23. The molecule has 196 valence electrons. The van der Waals surface area contributed by atoms with E-state index in [1.54, 1.807) is 11.8 Å². The van der Waals surface area contributed by atoms with Crippen LogP contribution >= 0.6 is 11.8 Å². The minimum Gasteiger partial charge on any atom is -0.339 e.